The standard InChI is InChI=1S/C16H25N7/c1-4-23-16(18-10-19-23)11(2)20-15-9-14(21-12(3)22-15)13-5-7-17-8-6-13/h9-11,13,17H,4-8H2,1-3H3,(H,20,21,22)/t11-/m1/s1. The zero-order valence-corrected chi connectivity index (χ0v) is 14.1. The highest BCUT2D eigenvalue weighted by molar-refractivity contribution is 5.39. The molecule has 1 aliphatic heterocycles. The van der Waals surface area contributed by atoms with Crippen LogP contribution in [-0.2, 0) is 6.54 Å². The number of hydrogen-bond acceptors (Lipinski definition) is 6. The van der Waals surface area contributed by atoms with E-state index in [0.29, 0.717) is 5.92 Å². The van der Waals surface area contributed by atoms with E-state index in [4.69, 9.17) is 0 Å². The van der Waals surface area contributed by atoms with Gasteiger partial charge < -0.3 is 10.6 Å². The van der Waals surface area contributed by atoms with Crippen molar-refractivity contribution in [3.05, 3.63) is 29.7 Å². The Morgan fingerprint density at radius 3 is 2.87 bits per heavy atom. The van der Waals surface area contributed by atoms with Crippen LogP contribution in [-0.4, -0.2) is 37.8 Å². The summed E-state index contributed by atoms with van der Waals surface area (Å²) in [5.41, 5.74) is 1.14. The summed E-state index contributed by atoms with van der Waals surface area (Å²) in [7, 11) is 0. The Bertz CT molecular complexity index is 646. The molecular formula is C16H25N7. The molecule has 1 aliphatic rings. The number of nitrogens with zero attached hydrogens (tertiary/aromatic N) is 5. The van der Waals surface area contributed by atoms with E-state index in [2.05, 4.69) is 50.6 Å². The minimum Gasteiger partial charge on any atom is -0.360 e. The van der Waals surface area contributed by atoms with Crippen LogP contribution in [0, 0.1) is 6.92 Å². The molecule has 2 N–H and O–H groups in total. The monoisotopic (exact) mass is 315 g/mol. The van der Waals surface area contributed by atoms with E-state index in [1.165, 1.54) is 0 Å². The van der Waals surface area contributed by atoms with Crippen molar-refractivity contribution in [2.75, 3.05) is 18.4 Å². The van der Waals surface area contributed by atoms with E-state index in [1.807, 2.05) is 11.6 Å². The molecule has 0 radical (unpaired) electrons. The van der Waals surface area contributed by atoms with Gasteiger partial charge in [0.1, 0.15) is 23.8 Å². The molecule has 0 bridgehead atoms. The fourth-order valence-corrected chi connectivity index (χ4v) is 3.13. The lowest BCUT2D eigenvalue weighted by Gasteiger charge is -2.23. The molecule has 0 saturated carbocycles. The molecule has 7 nitrogen and oxygen atoms in total. The highest BCUT2D eigenvalue weighted by Gasteiger charge is 2.19. The van der Waals surface area contributed by atoms with Crippen LogP contribution in [0.15, 0.2) is 12.4 Å². The van der Waals surface area contributed by atoms with E-state index < -0.39 is 0 Å². The Hall–Kier alpha value is -2.02. The zero-order chi connectivity index (χ0) is 16.2. The lowest BCUT2D eigenvalue weighted by atomic mass is 9.94. The first kappa shape index (κ1) is 15.9. The predicted octanol–water partition coefficient (Wildman–Crippen LogP) is 2.04. The summed E-state index contributed by atoms with van der Waals surface area (Å²) in [6.45, 7) is 9.03. The van der Waals surface area contributed by atoms with Crippen LogP contribution in [0.5, 0.6) is 0 Å². The maximum Gasteiger partial charge on any atom is 0.149 e. The van der Waals surface area contributed by atoms with Crippen molar-refractivity contribution in [3.8, 4) is 0 Å². The Morgan fingerprint density at radius 1 is 1.35 bits per heavy atom. The summed E-state index contributed by atoms with van der Waals surface area (Å²) in [4.78, 5) is 13.5. The molecule has 1 fully saturated rings. The predicted molar refractivity (Wildman–Crippen MR) is 89.3 cm³/mol. The van der Waals surface area contributed by atoms with Gasteiger partial charge in [0.2, 0.25) is 0 Å². The second-order valence-electron chi connectivity index (χ2n) is 6.05. The van der Waals surface area contributed by atoms with Crippen molar-refractivity contribution in [3.63, 3.8) is 0 Å². The third-order valence-electron chi connectivity index (χ3n) is 4.31. The number of anilines is 1. The highest BCUT2D eigenvalue weighted by Crippen LogP contribution is 2.26. The summed E-state index contributed by atoms with van der Waals surface area (Å²) in [6.07, 6.45) is 3.87. The minimum atomic E-state index is 0.0487. The molecule has 2 aromatic rings. The molecule has 1 saturated heterocycles. The average Bonchev–Trinajstić information content (AvgIpc) is 3.04. The van der Waals surface area contributed by atoms with Gasteiger partial charge in [0.25, 0.3) is 0 Å². The second kappa shape index (κ2) is 7.04. The van der Waals surface area contributed by atoms with Crippen LogP contribution in [0.4, 0.5) is 5.82 Å². The first-order valence-corrected chi connectivity index (χ1v) is 8.38. The molecular weight excluding hydrogens is 290 g/mol. The van der Waals surface area contributed by atoms with Crippen molar-refractivity contribution in [2.45, 2.75) is 52.1 Å². The Kier molecular flexibility index (Phi) is 4.85. The minimum absolute atomic E-state index is 0.0487. The largest absolute Gasteiger partial charge is 0.360 e. The molecule has 23 heavy (non-hydrogen) atoms. The lowest BCUT2D eigenvalue weighted by Crippen LogP contribution is -2.27. The smallest absolute Gasteiger partial charge is 0.149 e. The molecule has 0 amide bonds. The molecule has 0 unspecified atom stereocenters. The van der Waals surface area contributed by atoms with Crippen molar-refractivity contribution in [2.24, 2.45) is 0 Å². The molecule has 124 valence electrons. The van der Waals surface area contributed by atoms with Gasteiger partial charge in [0.05, 0.1) is 6.04 Å². The molecule has 7 heteroatoms. The van der Waals surface area contributed by atoms with Gasteiger partial charge in [-0.1, -0.05) is 0 Å². The van der Waals surface area contributed by atoms with E-state index >= 15 is 0 Å². The number of hydrogen-bond donors (Lipinski definition) is 2. The molecule has 1 atom stereocenters. The summed E-state index contributed by atoms with van der Waals surface area (Å²) < 4.78 is 1.90. The van der Waals surface area contributed by atoms with Gasteiger partial charge in [-0.25, -0.2) is 19.6 Å². The van der Waals surface area contributed by atoms with Crippen molar-refractivity contribution in [1.29, 1.82) is 0 Å². The number of piperidine rings is 1. The van der Waals surface area contributed by atoms with Crippen LogP contribution in [0.25, 0.3) is 0 Å². The van der Waals surface area contributed by atoms with Gasteiger partial charge in [-0.05, 0) is 46.7 Å². The van der Waals surface area contributed by atoms with Gasteiger partial charge in [0, 0.05) is 24.2 Å². The van der Waals surface area contributed by atoms with E-state index in [9.17, 15) is 0 Å². The number of aromatic nitrogens is 5. The number of nitrogens with one attached hydrogen (secondary N) is 2. The summed E-state index contributed by atoms with van der Waals surface area (Å²) in [5.74, 6) is 3.12. The maximum atomic E-state index is 4.65. The van der Waals surface area contributed by atoms with Crippen molar-refractivity contribution in [1.82, 2.24) is 30.0 Å². The molecule has 3 rings (SSSR count). The Morgan fingerprint density at radius 2 is 2.13 bits per heavy atom. The fraction of sp³-hybridized carbons (Fsp3) is 0.625. The summed E-state index contributed by atoms with van der Waals surface area (Å²) in [6, 6.07) is 2.14. The second-order valence-corrected chi connectivity index (χ2v) is 6.05. The van der Waals surface area contributed by atoms with Crippen LogP contribution in [0.1, 0.15) is 56.0 Å². The third-order valence-corrected chi connectivity index (χ3v) is 4.31. The first-order chi connectivity index (χ1) is 11.2. The quantitative estimate of drug-likeness (QED) is 0.879. The van der Waals surface area contributed by atoms with Gasteiger partial charge in [0.15, 0.2) is 0 Å². The zero-order valence-electron chi connectivity index (χ0n) is 14.1. The first-order valence-electron chi connectivity index (χ1n) is 8.38. The van der Waals surface area contributed by atoms with Gasteiger partial charge in [-0.3, -0.25) is 0 Å². The van der Waals surface area contributed by atoms with Gasteiger partial charge in [-0.15, -0.1) is 0 Å². The number of rotatable bonds is 5. The molecule has 0 aliphatic carbocycles. The Labute approximate surface area is 136 Å². The molecule has 3 heterocycles. The normalized spacial score (nSPS) is 17.2. The van der Waals surface area contributed by atoms with Gasteiger partial charge in [-0.2, -0.15) is 5.10 Å². The SMILES string of the molecule is CCn1ncnc1[C@@H](C)Nc1cc(C2CCNCC2)nc(C)n1. The fourth-order valence-electron chi connectivity index (χ4n) is 3.13. The van der Waals surface area contributed by atoms with Crippen LogP contribution >= 0.6 is 0 Å². The van der Waals surface area contributed by atoms with Crippen molar-refractivity contribution >= 4 is 5.82 Å². The summed E-state index contributed by atoms with van der Waals surface area (Å²) in [5, 5.41) is 11.1. The van der Waals surface area contributed by atoms with Crippen LogP contribution in [0.2, 0.25) is 0 Å². The van der Waals surface area contributed by atoms with E-state index in [1.54, 1.807) is 6.33 Å². The van der Waals surface area contributed by atoms with Crippen molar-refractivity contribution < 1.29 is 0 Å². The average molecular weight is 315 g/mol. The van der Waals surface area contributed by atoms with Crippen LogP contribution < -0.4 is 10.6 Å². The molecule has 0 spiro atoms. The topological polar surface area (TPSA) is 80.5 Å². The molecule has 0 aromatic carbocycles. The lowest BCUT2D eigenvalue weighted by molar-refractivity contribution is 0.452. The summed E-state index contributed by atoms with van der Waals surface area (Å²) >= 11 is 0. The van der Waals surface area contributed by atoms with Crippen LogP contribution in [0.3, 0.4) is 0 Å². The highest BCUT2D eigenvalue weighted by atomic mass is 15.3. The molecule has 2 aromatic heterocycles. The Balaban J connectivity index is 1.78. The van der Waals surface area contributed by atoms with Gasteiger partial charge >= 0.3 is 0 Å². The number of aryl methyl sites for hydroxylation is 2. The maximum absolute atomic E-state index is 4.65. The van der Waals surface area contributed by atoms with E-state index in [-0.39, 0.29) is 6.04 Å². The third kappa shape index (κ3) is 3.67. The van der Waals surface area contributed by atoms with E-state index in [0.717, 1.165) is 55.6 Å².